The Morgan fingerprint density at radius 1 is 1.29 bits per heavy atom. The van der Waals surface area contributed by atoms with E-state index in [4.69, 9.17) is 14.9 Å². The highest BCUT2D eigenvalue weighted by Crippen LogP contribution is 2.28. The molecule has 190 valence electrons. The molecule has 10 nitrogen and oxygen atoms in total. The largest absolute Gasteiger partial charge is 0.474 e. The number of aromatic nitrogens is 2. The average Bonchev–Trinajstić information content (AvgIpc) is 2.81. The molecule has 1 aliphatic heterocycles. The van der Waals surface area contributed by atoms with Gasteiger partial charge in [0.05, 0.1) is 11.7 Å². The van der Waals surface area contributed by atoms with Gasteiger partial charge in [-0.2, -0.15) is 0 Å². The molecule has 0 bridgehead atoms. The van der Waals surface area contributed by atoms with E-state index in [-0.39, 0.29) is 18.3 Å². The number of rotatable bonds is 10. The quantitative estimate of drug-likeness (QED) is 0.436. The van der Waals surface area contributed by atoms with Crippen LogP contribution in [0.15, 0.2) is 24.5 Å². The summed E-state index contributed by atoms with van der Waals surface area (Å²) in [6.45, 7) is 8.63. The molecule has 0 spiro atoms. The zero-order valence-corrected chi connectivity index (χ0v) is 21.3. The zero-order valence-electron chi connectivity index (χ0n) is 21.3. The van der Waals surface area contributed by atoms with Crippen molar-refractivity contribution in [2.45, 2.75) is 45.8 Å². The molecule has 2 aromatic rings. The van der Waals surface area contributed by atoms with Gasteiger partial charge >= 0.3 is 6.09 Å². The highest BCUT2D eigenvalue weighted by molar-refractivity contribution is 5.88. The van der Waals surface area contributed by atoms with E-state index in [2.05, 4.69) is 31.6 Å². The number of likely N-dealkylation sites (tertiary alicyclic amines) is 1. The molecule has 0 saturated carbocycles. The number of nitrogens with zero attached hydrogens (tertiary/aromatic N) is 4. The minimum Gasteiger partial charge on any atom is -0.474 e. The number of ether oxygens (including phenoxy) is 2. The molecule has 35 heavy (non-hydrogen) atoms. The van der Waals surface area contributed by atoms with Crippen molar-refractivity contribution in [1.29, 1.82) is 5.41 Å². The molecule has 1 aromatic carbocycles. The minimum atomic E-state index is -0.290. The van der Waals surface area contributed by atoms with Crippen molar-refractivity contribution < 1.29 is 14.3 Å². The van der Waals surface area contributed by atoms with Crippen molar-refractivity contribution in [2.75, 3.05) is 50.9 Å². The van der Waals surface area contributed by atoms with Crippen LogP contribution in [0.5, 0.6) is 5.88 Å². The first kappa shape index (κ1) is 26.2. The minimum absolute atomic E-state index is 0.103. The normalized spacial score (nSPS) is 14.2. The van der Waals surface area contributed by atoms with Gasteiger partial charge in [0.2, 0.25) is 5.88 Å². The smallest absolute Gasteiger partial charge is 0.410 e. The summed E-state index contributed by atoms with van der Waals surface area (Å²) in [6, 6.07) is 6.10. The van der Waals surface area contributed by atoms with Crippen LogP contribution in [0.4, 0.5) is 22.0 Å². The second kappa shape index (κ2) is 12.3. The maximum atomic E-state index is 12.1. The van der Waals surface area contributed by atoms with Crippen molar-refractivity contribution in [3.63, 3.8) is 0 Å². The molecule has 0 radical (unpaired) electrons. The Morgan fingerprint density at radius 3 is 2.66 bits per heavy atom. The van der Waals surface area contributed by atoms with Crippen molar-refractivity contribution in [3.05, 3.63) is 35.7 Å². The van der Waals surface area contributed by atoms with Crippen molar-refractivity contribution in [2.24, 2.45) is 0 Å². The Balaban J connectivity index is 1.64. The van der Waals surface area contributed by atoms with Crippen LogP contribution in [-0.4, -0.2) is 84.6 Å². The number of hydrogen-bond donors (Lipinski definition) is 3. The van der Waals surface area contributed by atoms with E-state index >= 15 is 0 Å². The first-order valence-electron chi connectivity index (χ1n) is 12.0. The van der Waals surface area contributed by atoms with E-state index in [0.29, 0.717) is 43.2 Å². The van der Waals surface area contributed by atoms with Gasteiger partial charge in [0.1, 0.15) is 18.2 Å². The van der Waals surface area contributed by atoms with Crippen LogP contribution < -0.4 is 15.4 Å². The molecule has 1 amide bonds. The molecule has 10 heteroatoms. The zero-order chi connectivity index (χ0) is 25.4. The van der Waals surface area contributed by atoms with Crippen LogP contribution in [-0.2, 0) is 4.74 Å². The van der Waals surface area contributed by atoms with Gasteiger partial charge in [-0.05, 0) is 58.6 Å². The number of carbonyl (C=O) groups is 1. The van der Waals surface area contributed by atoms with Crippen LogP contribution in [0.2, 0.25) is 0 Å². The number of aryl methyl sites for hydroxylation is 1. The van der Waals surface area contributed by atoms with Crippen LogP contribution >= 0.6 is 0 Å². The first-order chi connectivity index (χ1) is 16.8. The predicted octanol–water partition coefficient (Wildman–Crippen LogP) is 3.89. The number of hydrogen-bond acceptors (Lipinski definition) is 9. The summed E-state index contributed by atoms with van der Waals surface area (Å²) in [5.41, 5.74) is 3.49. The van der Waals surface area contributed by atoms with Gasteiger partial charge in [0, 0.05) is 56.6 Å². The summed E-state index contributed by atoms with van der Waals surface area (Å²) in [5.74, 6) is 0.875. The lowest BCUT2D eigenvalue weighted by Crippen LogP contribution is -2.42. The molecular formula is C25H37N7O3. The Bertz CT molecular complexity index is 1000. The maximum absolute atomic E-state index is 12.1. The number of benzene rings is 1. The summed E-state index contributed by atoms with van der Waals surface area (Å²) in [7, 11) is 4.10. The van der Waals surface area contributed by atoms with E-state index in [1.165, 1.54) is 12.5 Å². The first-order valence-corrected chi connectivity index (χ1v) is 12.0. The molecule has 3 rings (SSSR count). The summed E-state index contributed by atoms with van der Waals surface area (Å²) >= 11 is 0. The van der Waals surface area contributed by atoms with Gasteiger partial charge in [-0.3, -0.25) is 0 Å². The van der Waals surface area contributed by atoms with Crippen LogP contribution in [0.3, 0.4) is 0 Å². The Morgan fingerprint density at radius 2 is 2.03 bits per heavy atom. The molecule has 1 saturated heterocycles. The number of carbonyl (C=O) groups excluding carboxylic acids is 1. The monoisotopic (exact) mass is 483 g/mol. The Kier molecular flexibility index (Phi) is 9.25. The fourth-order valence-corrected chi connectivity index (χ4v) is 3.76. The summed E-state index contributed by atoms with van der Waals surface area (Å²) in [5, 5.41) is 14.7. The Hall–Kier alpha value is -3.40. The highest BCUT2D eigenvalue weighted by atomic mass is 16.6. The third-order valence-electron chi connectivity index (χ3n) is 5.67. The fraction of sp³-hybridized carbons (Fsp3) is 0.520. The predicted molar refractivity (Wildman–Crippen MR) is 138 cm³/mol. The summed E-state index contributed by atoms with van der Waals surface area (Å²) in [4.78, 5) is 24.6. The second-order valence-electron chi connectivity index (χ2n) is 9.21. The number of anilines is 3. The van der Waals surface area contributed by atoms with Gasteiger partial charge in [-0.1, -0.05) is 0 Å². The van der Waals surface area contributed by atoms with Crippen LogP contribution in [0.1, 0.15) is 37.8 Å². The van der Waals surface area contributed by atoms with Gasteiger partial charge in [-0.25, -0.2) is 14.8 Å². The standard InChI is InChI=1S/C25H37N7O3/c1-17(2)34-25(33)32-11-8-20(9-12-32)35-24-21(15-26)23(28-16-29-24)30-22-7-6-19(14-18(22)3)27-10-13-31(4)5/h6-7,14-17,20,26-27H,8-13H2,1-5H3,(H,28,29,30). The molecule has 1 fully saturated rings. The Labute approximate surface area is 207 Å². The van der Waals surface area contributed by atoms with Crippen LogP contribution in [0.25, 0.3) is 0 Å². The molecule has 1 aliphatic rings. The number of likely N-dealkylation sites (N-methyl/N-ethyl adjacent to an activating group) is 1. The van der Waals surface area contributed by atoms with E-state index in [9.17, 15) is 4.79 Å². The molecule has 2 heterocycles. The lowest BCUT2D eigenvalue weighted by Gasteiger charge is -2.32. The second-order valence-corrected chi connectivity index (χ2v) is 9.21. The van der Waals surface area contributed by atoms with Crippen molar-refractivity contribution in [1.82, 2.24) is 19.8 Å². The average molecular weight is 484 g/mol. The molecule has 0 aliphatic carbocycles. The van der Waals surface area contributed by atoms with E-state index in [1.807, 2.05) is 47.0 Å². The summed E-state index contributed by atoms with van der Waals surface area (Å²) in [6.07, 6.45) is 3.44. The third-order valence-corrected chi connectivity index (χ3v) is 5.67. The number of nitrogens with one attached hydrogen (secondary N) is 3. The van der Waals surface area contributed by atoms with Gasteiger partial charge in [0.25, 0.3) is 0 Å². The SMILES string of the molecule is Cc1cc(NCCN(C)C)ccc1Nc1ncnc(OC2CCN(C(=O)OC(C)C)CC2)c1C=N. The molecule has 3 N–H and O–H groups in total. The molecule has 0 unspecified atom stereocenters. The van der Waals surface area contributed by atoms with E-state index in [0.717, 1.165) is 30.0 Å². The van der Waals surface area contributed by atoms with E-state index in [1.54, 1.807) is 4.90 Å². The van der Waals surface area contributed by atoms with Crippen molar-refractivity contribution in [3.8, 4) is 5.88 Å². The van der Waals surface area contributed by atoms with Crippen molar-refractivity contribution >= 4 is 29.5 Å². The maximum Gasteiger partial charge on any atom is 0.410 e. The highest BCUT2D eigenvalue weighted by Gasteiger charge is 2.26. The fourth-order valence-electron chi connectivity index (χ4n) is 3.76. The van der Waals surface area contributed by atoms with Gasteiger partial charge in [-0.15, -0.1) is 0 Å². The number of piperidine rings is 1. The number of amides is 1. The van der Waals surface area contributed by atoms with E-state index < -0.39 is 0 Å². The molecule has 1 aromatic heterocycles. The topological polar surface area (TPSA) is 116 Å². The lowest BCUT2D eigenvalue weighted by molar-refractivity contribution is 0.0507. The summed E-state index contributed by atoms with van der Waals surface area (Å²) < 4.78 is 11.4. The van der Waals surface area contributed by atoms with Gasteiger partial charge < -0.3 is 35.3 Å². The molecular weight excluding hydrogens is 446 g/mol. The van der Waals surface area contributed by atoms with Crippen LogP contribution in [0, 0.1) is 12.3 Å². The van der Waals surface area contributed by atoms with Gasteiger partial charge in [0.15, 0.2) is 0 Å². The molecule has 0 atom stereocenters. The third kappa shape index (κ3) is 7.54. The lowest BCUT2D eigenvalue weighted by atomic mass is 10.1.